The van der Waals surface area contributed by atoms with Crippen molar-refractivity contribution in [3.63, 3.8) is 0 Å². The first-order valence-corrected chi connectivity index (χ1v) is 15.7. The predicted molar refractivity (Wildman–Crippen MR) is 192 cm³/mol. The molecule has 0 aliphatic heterocycles. The van der Waals surface area contributed by atoms with Gasteiger partial charge in [-0.05, 0) is 51.2 Å². The molecule has 47 heavy (non-hydrogen) atoms. The van der Waals surface area contributed by atoms with E-state index in [2.05, 4.69) is 109 Å². The van der Waals surface area contributed by atoms with Gasteiger partial charge in [-0.1, -0.05) is 146 Å². The average Bonchev–Trinajstić information content (AvgIpc) is 3.52. The topological polar surface area (TPSA) is 51.8 Å². The minimum atomic E-state index is 0.573. The fraction of sp³-hybridized carbons (Fsp3) is 0. The van der Waals surface area contributed by atoms with Crippen LogP contribution in [0.1, 0.15) is 0 Å². The van der Waals surface area contributed by atoms with Gasteiger partial charge in [0.05, 0.1) is 5.56 Å². The van der Waals surface area contributed by atoms with Crippen LogP contribution in [0.2, 0.25) is 0 Å². The number of para-hydroxylation sites is 1. The lowest BCUT2D eigenvalue weighted by molar-refractivity contribution is 0.670. The van der Waals surface area contributed by atoms with Crippen molar-refractivity contribution in [3.8, 4) is 56.4 Å². The fourth-order valence-electron chi connectivity index (χ4n) is 6.30. The van der Waals surface area contributed by atoms with Crippen molar-refractivity contribution >= 4 is 32.7 Å². The Labute approximate surface area is 271 Å². The van der Waals surface area contributed by atoms with Gasteiger partial charge < -0.3 is 4.42 Å². The summed E-state index contributed by atoms with van der Waals surface area (Å²) in [5, 5.41) is 4.43. The third-order valence-corrected chi connectivity index (χ3v) is 8.74. The van der Waals surface area contributed by atoms with Crippen molar-refractivity contribution < 1.29 is 4.42 Å². The monoisotopic (exact) mass is 601 g/mol. The summed E-state index contributed by atoms with van der Waals surface area (Å²) in [6.45, 7) is 0. The van der Waals surface area contributed by atoms with Gasteiger partial charge in [0, 0.05) is 21.9 Å². The number of nitrogens with zero attached hydrogens (tertiary/aromatic N) is 3. The van der Waals surface area contributed by atoms with Crippen LogP contribution in [-0.4, -0.2) is 15.0 Å². The van der Waals surface area contributed by atoms with Crippen molar-refractivity contribution in [2.75, 3.05) is 0 Å². The van der Waals surface area contributed by atoms with Crippen LogP contribution in [0.4, 0.5) is 0 Å². The molecule has 2 heterocycles. The zero-order valence-electron chi connectivity index (χ0n) is 25.3. The Kier molecular flexibility index (Phi) is 6.43. The van der Waals surface area contributed by atoms with Crippen molar-refractivity contribution in [3.05, 3.63) is 164 Å². The van der Waals surface area contributed by atoms with E-state index in [9.17, 15) is 0 Å². The summed E-state index contributed by atoms with van der Waals surface area (Å²) in [5.74, 6) is 1.80. The number of aromatic nitrogens is 3. The van der Waals surface area contributed by atoms with Crippen LogP contribution < -0.4 is 0 Å². The maximum absolute atomic E-state index is 6.54. The maximum atomic E-state index is 6.54. The van der Waals surface area contributed by atoms with Crippen LogP contribution >= 0.6 is 0 Å². The second-order valence-corrected chi connectivity index (χ2v) is 11.7. The van der Waals surface area contributed by atoms with Gasteiger partial charge in [0.1, 0.15) is 11.2 Å². The number of benzene rings is 7. The molecule has 0 unspecified atom stereocenters. The first kappa shape index (κ1) is 27.0. The highest BCUT2D eigenvalue weighted by molar-refractivity contribution is 6.12. The molecule has 0 bridgehead atoms. The van der Waals surface area contributed by atoms with E-state index in [4.69, 9.17) is 19.4 Å². The van der Waals surface area contributed by atoms with Crippen LogP contribution in [0.5, 0.6) is 0 Å². The van der Waals surface area contributed by atoms with E-state index in [1.165, 1.54) is 16.5 Å². The van der Waals surface area contributed by atoms with Gasteiger partial charge in [-0.25, -0.2) is 15.0 Å². The lowest BCUT2D eigenvalue weighted by atomic mass is 9.99. The molecule has 0 aliphatic carbocycles. The average molecular weight is 602 g/mol. The van der Waals surface area contributed by atoms with Crippen LogP contribution in [0.3, 0.4) is 0 Å². The van der Waals surface area contributed by atoms with E-state index >= 15 is 0 Å². The van der Waals surface area contributed by atoms with Gasteiger partial charge in [-0.15, -0.1) is 0 Å². The molecule has 0 amide bonds. The van der Waals surface area contributed by atoms with E-state index in [0.29, 0.717) is 17.5 Å². The highest BCUT2D eigenvalue weighted by Crippen LogP contribution is 2.37. The summed E-state index contributed by atoms with van der Waals surface area (Å²) < 4.78 is 6.54. The summed E-state index contributed by atoms with van der Waals surface area (Å²) in [6, 6.07) is 56.4. The molecule has 2 aromatic heterocycles. The molecule has 0 radical (unpaired) electrons. The van der Waals surface area contributed by atoms with E-state index < -0.39 is 0 Å². The summed E-state index contributed by atoms with van der Waals surface area (Å²) >= 11 is 0. The molecule has 4 nitrogen and oxygen atoms in total. The van der Waals surface area contributed by atoms with Crippen molar-refractivity contribution in [1.29, 1.82) is 0 Å². The number of rotatable bonds is 5. The van der Waals surface area contributed by atoms with Crippen LogP contribution in [0.25, 0.3) is 89.1 Å². The minimum Gasteiger partial charge on any atom is -0.455 e. The molecule has 0 aliphatic rings. The summed E-state index contributed by atoms with van der Waals surface area (Å²) in [5.41, 5.74) is 8.98. The Hall–Kier alpha value is -6.39. The zero-order chi connectivity index (χ0) is 31.2. The molecule has 0 saturated carbocycles. The number of fused-ring (bicyclic) bond motifs is 4. The maximum Gasteiger partial charge on any atom is 0.167 e. The zero-order valence-corrected chi connectivity index (χ0v) is 25.3. The lowest BCUT2D eigenvalue weighted by Crippen LogP contribution is -2.00. The van der Waals surface area contributed by atoms with Gasteiger partial charge in [0.15, 0.2) is 17.5 Å². The Bertz CT molecular complexity index is 2540. The number of hydrogen-bond acceptors (Lipinski definition) is 4. The summed E-state index contributed by atoms with van der Waals surface area (Å²) in [6.07, 6.45) is 0. The summed E-state index contributed by atoms with van der Waals surface area (Å²) in [4.78, 5) is 15.0. The molecule has 0 fully saturated rings. The highest BCUT2D eigenvalue weighted by atomic mass is 16.3. The quantitative estimate of drug-likeness (QED) is 0.197. The third-order valence-electron chi connectivity index (χ3n) is 8.74. The second kappa shape index (κ2) is 11.2. The smallest absolute Gasteiger partial charge is 0.167 e. The SMILES string of the molecule is c1ccc(-c2ccc(-c3ccc(-c4nc(-c5ccccc5)nc(-c5cccc6c5oc5cc7ccccc7cc56)n4)cc3)cc2)cc1. The minimum absolute atomic E-state index is 0.573. The van der Waals surface area contributed by atoms with Crippen LogP contribution in [0.15, 0.2) is 168 Å². The largest absolute Gasteiger partial charge is 0.455 e. The number of furan rings is 1. The first-order chi connectivity index (χ1) is 23.3. The molecule has 4 heteroatoms. The van der Waals surface area contributed by atoms with Crippen LogP contribution in [0, 0.1) is 0 Å². The molecule has 220 valence electrons. The third kappa shape index (κ3) is 4.93. The van der Waals surface area contributed by atoms with Crippen molar-refractivity contribution in [1.82, 2.24) is 15.0 Å². The Morgan fingerprint density at radius 2 is 0.809 bits per heavy atom. The molecule has 7 aromatic carbocycles. The van der Waals surface area contributed by atoms with Gasteiger partial charge in [-0.2, -0.15) is 0 Å². The molecular formula is C43H27N3O. The van der Waals surface area contributed by atoms with Gasteiger partial charge in [0.2, 0.25) is 0 Å². The van der Waals surface area contributed by atoms with Crippen molar-refractivity contribution in [2.45, 2.75) is 0 Å². The van der Waals surface area contributed by atoms with E-state index in [-0.39, 0.29) is 0 Å². The van der Waals surface area contributed by atoms with E-state index in [0.717, 1.165) is 55.1 Å². The molecule has 0 saturated heterocycles. The fourth-order valence-corrected chi connectivity index (χ4v) is 6.30. The molecule has 9 rings (SSSR count). The molecule has 9 aromatic rings. The second-order valence-electron chi connectivity index (χ2n) is 11.7. The van der Waals surface area contributed by atoms with Gasteiger partial charge in [-0.3, -0.25) is 0 Å². The molecular weight excluding hydrogens is 574 g/mol. The Balaban J connectivity index is 1.14. The van der Waals surface area contributed by atoms with E-state index in [1.807, 2.05) is 54.6 Å². The first-order valence-electron chi connectivity index (χ1n) is 15.7. The molecule has 0 N–H and O–H groups in total. The Morgan fingerprint density at radius 1 is 0.340 bits per heavy atom. The van der Waals surface area contributed by atoms with Crippen LogP contribution in [-0.2, 0) is 0 Å². The standard InChI is InChI=1S/C43H27N3O/c1-3-10-28(11-4-1)29-18-20-30(21-19-29)31-22-24-33(25-23-31)42-44-41(32-12-5-2-6-13-32)45-43(46-42)37-17-9-16-36-38-26-34-14-7-8-15-35(34)27-39(38)47-40(36)37/h1-27H. The Morgan fingerprint density at radius 3 is 1.43 bits per heavy atom. The normalized spacial score (nSPS) is 11.4. The lowest BCUT2D eigenvalue weighted by Gasteiger charge is -2.10. The summed E-state index contributed by atoms with van der Waals surface area (Å²) in [7, 11) is 0. The number of hydrogen-bond donors (Lipinski definition) is 0. The van der Waals surface area contributed by atoms with Gasteiger partial charge in [0.25, 0.3) is 0 Å². The predicted octanol–water partition coefficient (Wildman–Crippen LogP) is 11.3. The highest BCUT2D eigenvalue weighted by Gasteiger charge is 2.18. The van der Waals surface area contributed by atoms with Gasteiger partial charge >= 0.3 is 0 Å². The van der Waals surface area contributed by atoms with E-state index in [1.54, 1.807) is 0 Å². The molecule has 0 atom stereocenters. The van der Waals surface area contributed by atoms with Crippen molar-refractivity contribution in [2.24, 2.45) is 0 Å². The molecule has 0 spiro atoms.